The van der Waals surface area contributed by atoms with E-state index in [1.54, 1.807) is 0 Å². The number of hydrogen-bond acceptors (Lipinski definition) is 1. The van der Waals surface area contributed by atoms with Crippen molar-refractivity contribution in [2.45, 2.75) is 46.1 Å². The van der Waals surface area contributed by atoms with Crippen molar-refractivity contribution in [3.63, 3.8) is 0 Å². The van der Waals surface area contributed by atoms with Crippen molar-refractivity contribution < 1.29 is 4.74 Å². The minimum absolute atomic E-state index is 0.481. The number of methoxy groups -OCH3 is 1. The summed E-state index contributed by atoms with van der Waals surface area (Å²) in [5, 5.41) is 0. The van der Waals surface area contributed by atoms with Gasteiger partial charge in [-0.05, 0) is 12.3 Å². The molecule has 2 atom stereocenters. The van der Waals surface area contributed by atoms with Crippen LogP contribution >= 0.6 is 0 Å². The normalized spacial score (nSPS) is 16.8. The molecule has 0 aromatic carbocycles. The first-order valence-corrected chi connectivity index (χ1v) is 4.29. The average Bonchev–Trinajstić information content (AvgIpc) is 1.99. The standard InChI is InChI=1S/C9H20O/c1-5-7-9(10-4)8(3)6-2/h8-9H,5-7H2,1-4H3/t8-,9+/m1/s1. The van der Waals surface area contributed by atoms with Gasteiger partial charge < -0.3 is 4.74 Å². The fourth-order valence-corrected chi connectivity index (χ4v) is 1.18. The van der Waals surface area contributed by atoms with Crippen molar-refractivity contribution in [2.24, 2.45) is 5.92 Å². The van der Waals surface area contributed by atoms with E-state index < -0.39 is 0 Å². The van der Waals surface area contributed by atoms with Gasteiger partial charge in [0, 0.05) is 7.11 Å². The molecule has 0 bridgehead atoms. The van der Waals surface area contributed by atoms with E-state index in [1.165, 1.54) is 19.3 Å². The molecule has 0 amide bonds. The summed E-state index contributed by atoms with van der Waals surface area (Å²) in [7, 11) is 1.81. The Morgan fingerprint density at radius 2 is 1.90 bits per heavy atom. The summed E-state index contributed by atoms with van der Waals surface area (Å²) in [6.45, 7) is 6.67. The Hall–Kier alpha value is -0.0400. The second-order valence-electron chi connectivity index (χ2n) is 2.95. The highest BCUT2D eigenvalue weighted by molar-refractivity contribution is 4.63. The molecule has 0 fully saturated rings. The SMILES string of the molecule is CCC[C@H](OC)[C@H](C)CC. The Labute approximate surface area is 64.8 Å². The predicted molar refractivity (Wildman–Crippen MR) is 45.2 cm³/mol. The fraction of sp³-hybridized carbons (Fsp3) is 1.00. The zero-order valence-electron chi connectivity index (χ0n) is 7.68. The second-order valence-corrected chi connectivity index (χ2v) is 2.95. The van der Waals surface area contributed by atoms with Crippen LogP contribution in [0.25, 0.3) is 0 Å². The lowest BCUT2D eigenvalue weighted by atomic mass is 9.98. The van der Waals surface area contributed by atoms with Gasteiger partial charge in [-0.1, -0.05) is 33.6 Å². The maximum absolute atomic E-state index is 5.34. The molecule has 0 saturated heterocycles. The van der Waals surface area contributed by atoms with Crippen LogP contribution in [0.2, 0.25) is 0 Å². The van der Waals surface area contributed by atoms with Gasteiger partial charge in [0.1, 0.15) is 0 Å². The smallest absolute Gasteiger partial charge is 0.0596 e. The van der Waals surface area contributed by atoms with E-state index in [-0.39, 0.29) is 0 Å². The van der Waals surface area contributed by atoms with Gasteiger partial charge in [0.05, 0.1) is 6.10 Å². The Morgan fingerprint density at radius 3 is 2.20 bits per heavy atom. The molecule has 0 aliphatic carbocycles. The van der Waals surface area contributed by atoms with Gasteiger partial charge in [-0.2, -0.15) is 0 Å². The number of ether oxygens (including phenoxy) is 1. The largest absolute Gasteiger partial charge is 0.381 e. The maximum Gasteiger partial charge on any atom is 0.0596 e. The lowest BCUT2D eigenvalue weighted by molar-refractivity contribution is 0.0499. The first-order valence-electron chi connectivity index (χ1n) is 4.29. The van der Waals surface area contributed by atoms with Gasteiger partial charge >= 0.3 is 0 Å². The van der Waals surface area contributed by atoms with E-state index in [0.29, 0.717) is 12.0 Å². The van der Waals surface area contributed by atoms with E-state index in [0.717, 1.165) is 0 Å². The zero-order chi connectivity index (χ0) is 7.98. The molecule has 0 aromatic rings. The van der Waals surface area contributed by atoms with Crippen LogP contribution in [0.5, 0.6) is 0 Å². The molecule has 0 N–H and O–H groups in total. The van der Waals surface area contributed by atoms with Crippen molar-refractivity contribution in [2.75, 3.05) is 7.11 Å². The highest BCUT2D eigenvalue weighted by Gasteiger charge is 2.12. The van der Waals surface area contributed by atoms with Gasteiger partial charge in [0.25, 0.3) is 0 Å². The Morgan fingerprint density at radius 1 is 1.30 bits per heavy atom. The van der Waals surface area contributed by atoms with Crippen molar-refractivity contribution in [3.8, 4) is 0 Å². The van der Waals surface area contributed by atoms with E-state index in [1.807, 2.05) is 7.11 Å². The van der Waals surface area contributed by atoms with Crippen molar-refractivity contribution in [3.05, 3.63) is 0 Å². The summed E-state index contributed by atoms with van der Waals surface area (Å²) in [6, 6.07) is 0. The van der Waals surface area contributed by atoms with E-state index >= 15 is 0 Å². The van der Waals surface area contributed by atoms with Crippen LogP contribution in [0.1, 0.15) is 40.0 Å². The molecule has 0 rings (SSSR count). The van der Waals surface area contributed by atoms with Crippen LogP contribution in [0, 0.1) is 5.92 Å². The summed E-state index contributed by atoms with van der Waals surface area (Å²) in [4.78, 5) is 0. The van der Waals surface area contributed by atoms with Crippen LogP contribution in [0.4, 0.5) is 0 Å². The molecule has 62 valence electrons. The minimum Gasteiger partial charge on any atom is -0.381 e. The molecule has 0 spiro atoms. The van der Waals surface area contributed by atoms with Crippen LogP contribution in [-0.4, -0.2) is 13.2 Å². The number of rotatable bonds is 5. The quantitative estimate of drug-likeness (QED) is 0.576. The lowest BCUT2D eigenvalue weighted by Gasteiger charge is -2.20. The summed E-state index contributed by atoms with van der Waals surface area (Å²) >= 11 is 0. The molecule has 1 nitrogen and oxygen atoms in total. The van der Waals surface area contributed by atoms with E-state index in [2.05, 4.69) is 20.8 Å². The van der Waals surface area contributed by atoms with Crippen LogP contribution in [-0.2, 0) is 4.74 Å². The third-order valence-corrected chi connectivity index (χ3v) is 2.15. The first-order chi connectivity index (χ1) is 4.76. The molecule has 0 aliphatic heterocycles. The number of hydrogen-bond donors (Lipinski definition) is 0. The summed E-state index contributed by atoms with van der Waals surface area (Å²) < 4.78 is 5.34. The van der Waals surface area contributed by atoms with Crippen LogP contribution < -0.4 is 0 Å². The molecular formula is C9H20O. The summed E-state index contributed by atoms with van der Waals surface area (Å²) in [5.41, 5.74) is 0. The van der Waals surface area contributed by atoms with Gasteiger partial charge in [-0.15, -0.1) is 0 Å². The average molecular weight is 144 g/mol. The lowest BCUT2D eigenvalue weighted by Crippen LogP contribution is -2.19. The molecule has 0 radical (unpaired) electrons. The highest BCUT2D eigenvalue weighted by atomic mass is 16.5. The third-order valence-electron chi connectivity index (χ3n) is 2.15. The van der Waals surface area contributed by atoms with Crippen molar-refractivity contribution in [1.29, 1.82) is 0 Å². The fourth-order valence-electron chi connectivity index (χ4n) is 1.18. The van der Waals surface area contributed by atoms with Crippen molar-refractivity contribution in [1.82, 2.24) is 0 Å². The molecule has 1 heteroatoms. The topological polar surface area (TPSA) is 9.23 Å². The predicted octanol–water partition coefficient (Wildman–Crippen LogP) is 2.85. The third kappa shape index (κ3) is 3.21. The monoisotopic (exact) mass is 144 g/mol. The summed E-state index contributed by atoms with van der Waals surface area (Å²) in [6.07, 6.45) is 4.13. The Balaban J connectivity index is 3.56. The Bertz CT molecular complexity index is 71.1. The first kappa shape index (κ1) is 9.96. The minimum atomic E-state index is 0.481. The van der Waals surface area contributed by atoms with Gasteiger partial charge in [0.15, 0.2) is 0 Å². The molecule has 0 aromatic heterocycles. The van der Waals surface area contributed by atoms with E-state index in [4.69, 9.17) is 4.74 Å². The van der Waals surface area contributed by atoms with E-state index in [9.17, 15) is 0 Å². The Kier molecular flexibility index (Phi) is 5.70. The summed E-state index contributed by atoms with van der Waals surface area (Å²) in [5.74, 6) is 0.713. The molecular weight excluding hydrogens is 124 g/mol. The van der Waals surface area contributed by atoms with Gasteiger partial charge in [-0.3, -0.25) is 0 Å². The van der Waals surface area contributed by atoms with Crippen LogP contribution in [0.3, 0.4) is 0 Å². The molecule has 0 aliphatic rings. The van der Waals surface area contributed by atoms with Crippen molar-refractivity contribution >= 4 is 0 Å². The van der Waals surface area contributed by atoms with Gasteiger partial charge in [-0.25, -0.2) is 0 Å². The second kappa shape index (κ2) is 5.72. The molecule has 0 heterocycles. The molecule has 0 saturated carbocycles. The van der Waals surface area contributed by atoms with Gasteiger partial charge in [0.2, 0.25) is 0 Å². The molecule has 0 unspecified atom stereocenters. The highest BCUT2D eigenvalue weighted by Crippen LogP contribution is 2.15. The zero-order valence-corrected chi connectivity index (χ0v) is 7.68. The maximum atomic E-state index is 5.34. The van der Waals surface area contributed by atoms with Crippen LogP contribution in [0.15, 0.2) is 0 Å². The molecule has 10 heavy (non-hydrogen) atoms.